The van der Waals surface area contributed by atoms with Gasteiger partial charge in [-0.1, -0.05) is 32.3 Å². The van der Waals surface area contributed by atoms with Gasteiger partial charge in [0.25, 0.3) is 0 Å². The molecule has 0 aromatic carbocycles. The molecule has 0 amide bonds. The van der Waals surface area contributed by atoms with Crippen molar-refractivity contribution < 1.29 is 0 Å². The SMILES string of the molecule is CCCNC(CCc1cccnc1)CC1CCC1. The molecule has 1 heterocycles. The molecule has 2 heteroatoms. The fourth-order valence-corrected chi connectivity index (χ4v) is 2.67. The highest BCUT2D eigenvalue weighted by atomic mass is 14.9. The summed E-state index contributed by atoms with van der Waals surface area (Å²) in [6, 6.07) is 4.93. The van der Waals surface area contributed by atoms with Crippen LogP contribution >= 0.6 is 0 Å². The zero-order chi connectivity index (χ0) is 12.6. The third kappa shape index (κ3) is 4.41. The number of aryl methyl sites for hydroxylation is 1. The van der Waals surface area contributed by atoms with E-state index in [0.717, 1.165) is 18.9 Å². The van der Waals surface area contributed by atoms with Crippen LogP contribution in [0.25, 0.3) is 0 Å². The van der Waals surface area contributed by atoms with Crippen molar-refractivity contribution in [2.24, 2.45) is 5.92 Å². The van der Waals surface area contributed by atoms with Crippen molar-refractivity contribution in [3.63, 3.8) is 0 Å². The Bertz CT molecular complexity index is 319. The van der Waals surface area contributed by atoms with Gasteiger partial charge in [0, 0.05) is 18.4 Å². The van der Waals surface area contributed by atoms with Crippen LogP contribution in [0.4, 0.5) is 0 Å². The maximum Gasteiger partial charge on any atom is 0.0299 e. The molecule has 0 saturated heterocycles. The molecule has 1 atom stereocenters. The largest absolute Gasteiger partial charge is 0.314 e. The van der Waals surface area contributed by atoms with E-state index in [1.165, 1.54) is 44.1 Å². The van der Waals surface area contributed by atoms with Crippen LogP contribution in [-0.4, -0.2) is 17.6 Å². The van der Waals surface area contributed by atoms with E-state index in [4.69, 9.17) is 0 Å². The molecule has 2 nitrogen and oxygen atoms in total. The predicted octanol–water partition coefficient (Wildman–Crippen LogP) is 3.57. The molecular weight excluding hydrogens is 220 g/mol. The number of rotatable bonds is 8. The zero-order valence-electron chi connectivity index (χ0n) is 11.6. The highest BCUT2D eigenvalue weighted by molar-refractivity contribution is 5.08. The van der Waals surface area contributed by atoms with Gasteiger partial charge < -0.3 is 5.32 Å². The molecule has 18 heavy (non-hydrogen) atoms. The highest BCUT2D eigenvalue weighted by Gasteiger charge is 2.21. The Morgan fingerprint density at radius 2 is 2.33 bits per heavy atom. The minimum atomic E-state index is 0.704. The summed E-state index contributed by atoms with van der Waals surface area (Å²) in [5, 5.41) is 3.72. The molecule has 1 unspecified atom stereocenters. The number of pyridine rings is 1. The monoisotopic (exact) mass is 246 g/mol. The Hall–Kier alpha value is -0.890. The topological polar surface area (TPSA) is 24.9 Å². The first-order valence-corrected chi connectivity index (χ1v) is 7.50. The van der Waals surface area contributed by atoms with Gasteiger partial charge in [0.1, 0.15) is 0 Å². The average Bonchev–Trinajstić information content (AvgIpc) is 2.37. The molecule has 1 aromatic heterocycles. The van der Waals surface area contributed by atoms with Gasteiger partial charge in [0.15, 0.2) is 0 Å². The van der Waals surface area contributed by atoms with E-state index < -0.39 is 0 Å². The Morgan fingerprint density at radius 1 is 1.44 bits per heavy atom. The van der Waals surface area contributed by atoms with E-state index >= 15 is 0 Å². The molecule has 1 N–H and O–H groups in total. The minimum Gasteiger partial charge on any atom is -0.314 e. The molecule has 1 saturated carbocycles. The number of aromatic nitrogens is 1. The van der Waals surface area contributed by atoms with E-state index in [1.807, 2.05) is 18.5 Å². The van der Waals surface area contributed by atoms with E-state index in [0.29, 0.717) is 6.04 Å². The minimum absolute atomic E-state index is 0.704. The smallest absolute Gasteiger partial charge is 0.0299 e. The fraction of sp³-hybridized carbons (Fsp3) is 0.688. The molecule has 0 aliphatic heterocycles. The lowest BCUT2D eigenvalue weighted by atomic mass is 9.80. The first kappa shape index (κ1) is 13.5. The first-order valence-electron chi connectivity index (χ1n) is 7.50. The van der Waals surface area contributed by atoms with Gasteiger partial charge in [-0.15, -0.1) is 0 Å². The lowest BCUT2D eigenvalue weighted by Gasteiger charge is -2.30. The molecular formula is C16H26N2. The Morgan fingerprint density at radius 3 is 2.94 bits per heavy atom. The van der Waals surface area contributed by atoms with Crippen LogP contribution in [0.1, 0.15) is 51.0 Å². The molecule has 1 fully saturated rings. The summed E-state index contributed by atoms with van der Waals surface area (Å²) in [7, 11) is 0. The number of nitrogens with one attached hydrogen (secondary N) is 1. The van der Waals surface area contributed by atoms with Gasteiger partial charge >= 0.3 is 0 Å². The van der Waals surface area contributed by atoms with Crippen LogP contribution in [0, 0.1) is 5.92 Å². The van der Waals surface area contributed by atoms with Gasteiger partial charge in [-0.2, -0.15) is 0 Å². The van der Waals surface area contributed by atoms with Gasteiger partial charge in [-0.3, -0.25) is 4.98 Å². The zero-order valence-corrected chi connectivity index (χ0v) is 11.6. The summed E-state index contributed by atoms with van der Waals surface area (Å²) < 4.78 is 0. The molecule has 0 spiro atoms. The van der Waals surface area contributed by atoms with Gasteiger partial charge in [0.05, 0.1) is 0 Å². The molecule has 0 bridgehead atoms. The highest BCUT2D eigenvalue weighted by Crippen LogP contribution is 2.31. The van der Waals surface area contributed by atoms with Crippen molar-refractivity contribution in [3.8, 4) is 0 Å². The quantitative estimate of drug-likeness (QED) is 0.758. The number of hydrogen-bond acceptors (Lipinski definition) is 2. The predicted molar refractivity (Wildman–Crippen MR) is 76.6 cm³/mol. The second-order valence-electron chi connectivity index (χ2n) is 5.58. The van der Waals surface area contributed by atoms with Crippen LogP contribution in [-0.2, 0) is 6.42 Å². The summed E-state index contributed by atoms with van der Waals surface area (Å²) in [4.78, 5) is 4.19. The third-order valence-corrected chi connectivity index (χ3v) is 4.03. The Balaban J connectivity index is 1.76. The summed E-state index contributed by atoms with van der Waals surface area (Å²) in [5.41, 5.74) is 1.37. The van der Waals surface area contributed by atoms with Gasteiger partial charge in [-0.05, 0) is 49.8 Å². The van der Waals surface area contributed by atoms with Crippen molar-refractivity contribution in [1.82, 2.24) is 10.3 Å². The lowest BCUT2D eigenvalue weighted by Crippen LogP contribution is -2.33. The van der Waals surface area contributed by atoms with Crippen molar-refractivity contribution in [1.29, 1.82) is 0 Å². The first-order chi connectivity index (χ1) is 8.88. The molecule has 1 aliphatic rings. The van der Waals surface area contributed by atoms with Crippen molar-refractivity contribution in [2.45, 2.75) is 57.9 Å². The Kier molecular flexibility index (Phi) is 5.66. The van der Waals surface area contributed by atoms with E-state index in [-0.39, 0.29) is 0 Å². The molecule has 0 radical (unpaired) electrons. The van der Waals surface area contributed by atoms with Crippen molar-refractivity contribution in [2.75, 3.05) is 6.54 Å². The van der Waals surface area contributed by atoms with Crippen LogP contribution in [0.2, 0.25) is 0 Å². The Labute approximate surface area is 111 Å². The summed E-state index contributed by atoms with van der Waals surface area (Å²) in [6.07, 6.45) is 13.2. The fourth-order valence-electron chi connectivity index (χ4n) is 2.67. The van der Waals surface area contributed by atoms with Gasteiger partial charge in [-0.25, -0.2) is 0 Å². The van der Waals surface area contributed by atoms with E-state index in [2.05, 4.69) is 23.3 Å². The average molecular weight is 246 g/mol. The molecule has 2 rings (SSSR count). The van der Waals surface area contributed by atoms with E-state index in [9.17, 15) is 0 Å². The maximum atomic E-state index is 4.19. The lowest BCUT2D eigenvalue weighted by molar-refractivity contribution is 0.254. The molecule has 100 valence electrons. The van der Waals surface area contributed by atoms with Crippen LogP contribution in [0.5, 0.6) is 0 Å². The second kappa shape index (κ2) is 7.52. The summed E-state index contributed by atoms with van der Waals surface area (Å²) >= 11 is 0. The van der Waals surface area contributed by atoms with Crippen molar-refractivity contribution in [3.05, 3.63) is 30.1 Å². The van der Waals surface area contributed by atoms with Crippen molar-refractivity contribution >= 4 is 0 Å². The summed E-state index contributed by atoms with van der Waals surface area (Å²) in [5.74, 6) is 0.994. The third-order valence-electron chi connectivity index (χ3n) is 4.03. The van der Waals surface area contributed by atoms with Gasteiger partial charge in [0.2, 0.25) is 0 Å². The number of nitrogens with zero attached hydrogens (tertiary/aromatic N) is 1. The maximum absolute atomic E-state index is 4.19. The molecule has 1 aliphatic carbocycles. The van der Waals surface area contributed by atoms with Crippen LogP contribution in [0.3, 0.4) is 0 Å². The van der Waals surface area contributed by atoms with Crippen LogP contribution < -0.4 is 5.32 Å². The summed E-state index contributed by atoms with van der Waals surface area (Å²) in [6.45, 7) is 3.40. The standard InChI is InChI=1S/C16H26N2/c1-2-10-18-16(12-14-5-3-6-14)9-8-15-7-4-11-17-13-15/h4,7,11,13-14,16,18H,2-3,5-6,8-10,12H2,1H3. The van der Waals surface area contributed by atoms with Crippen LogP contribution in [0.15, 0.2) is 24.5 Å². The normalized spacial score (nSPS) is 17.4. The molecule has 1 aromatic rings. The second-order valence-corrected chi connectivity index (χ2v) is 5.58. The van der Waals surface area contributed by atoms with E-state index in [1.54, 1.807) is 0 Å². The number of hydrogen-bond donors (Lipinski definition) is 1.